The Kier molecular flexibility index (Phi) is 3.65. The van der Waals surface area contributed by atoms with Crippen LogP contribution < -0.4 is 5.32 Å². The van der Waals surface area contributed by atoms with Gasteiger partial charge in [0.15, 0.2) is 0 Å². The van der Waals surface area contributed by atoms with E-state index >= 15 is 0 Å². The lowest BCUT2D eigenvalue weighted by atomic mass is 10.2. The number of carbonyl (C=O) groups excluding carboxylic acids is 2. The number of imide groups is 1. The molecule has 1 saturated heterocycles. The third kappa shape index (κ3) is 2.40. The van der Waals surface area contributed by atoms with Crippen LogP contribution in [-0.4, -0.2) is 28.8 Å². The highest BCUT2D eigenvalue weighted by atomic mass is 32.1. The van der Waals surface area contributed by atoms with Crippen LogP contribution in [0, 0.1) is 0 Å². The average Bonchev–Trinajstić information content (AvgIpc) is 3.00. The van der Waals surface area contributed by atoms with Gasteiger partial charge in [0.1, 0.15) is 0 Å². The van der Waals surface area contributed by atoms with Crippen molar-refractivity contribution in [2.45, 2.75) is 58.2 Å². The Labute approximate surface area is 123 Å². The molecule has 1 aliphatic carbocycles. The summed E-state index contributed by atoms with van der Waals surface area (Å²) in [7, 11) is 0. The maximum Gasteiger partial charge on any atom is 0.247 e. The quantitative estimate of drug-likeness (QED) is 0.862. The van der Waals surface area contributed by atoms with Crippen molar-refractivity contribution in [2.75, 3.05) is 0 Å². The second-order valence-electron chi connectivity index (χ2n) is 5.85. The van der Waals surface area contributed by atoms with Gasteiger partial charge >= 0.3 is 0 Å². The normalized spacial score (nSPS) is 22.1. The maximum absolute atomic E-state index is 12.2. The maximum atomic E-state index is 12.2. The molecule has 1 atom stereocenters. The van der Waals surface area contributed by atoms with E-state index in [0.29, 0.717) is 13.0 Å². The summed E-state index contributed by atoms with van der Waals surface area (Å²) in [5.41, 5.74) is 1.48. The van der Waals surface area contributed by atoms with Crippen LogP contribution in [0.4, 0.5) is 0 Å². The van der Waals surface area contributed by atoms with Gasteiger partial charge in [-0.25, -0.2) is 0 Å². The first kappa shape index (κ1) is 13.8. The number of hydrogen-bond acceptors (Lipinski definition) is 4. The number of amides is 2. The van der Waals surface area contributed by atoms with E-state index in [1.165, 1.54) is 39.5 Å². The Morgan fingerprint density at radius 3 is 2.85 bits per heavy atom. The number of aryl methyl sites for hydroxylation is 2. The molecule has 0 spiro atoms. The standard InChI is InChI=1S/C15H20N2O2S/c1-9(2)17-14(18)7-12(15(17)19)16-8-11-6-10-4-3-5-13(10)20-11/h6,9,12,16H,3-5,7-8H2,1-2H3. The fourth-order valence-electron chi connectivity index (χ4n) is 3.05. The van der Waals surface area contributed by atoms with Gasteiger partial charge in [-0.3, -0.25) is 14.5 Å². The number of fused-ring (bicyclic) bond motifs is 1. The topological polar surface area (TPSA) is 49.4 Å². The Balaban J connectivity index is 1.61. The van der Waals surface area contributed by atoms with Crippen LogP contribution >= 0.6 is 11.3 Å². The van der Waals surface area contributed by atoms with Gasteiger partial charge in [0.25, 0.3) is 0 Å². The fraction of sp³-hybridized carbons (Fsp3) is 0.600. The lowest BCUT2D eigenvalue weighted by molar-refractivity contribution is -0.140. The number of hydrogen-bond donors (Lipinski definition) is 1. The summed E-state index contributed by atoms with van der Waals surface area (Å²) in [4.78, 5) is 28.1. The predicted octanol–water partition coefficient (Wildman–Crippen LogP) is 1.86. The summed E-state index contributed by atoms with van der Waals surface area (Å²) in [6.45, 7) is 4.44. The van der Waals surface area contributed by atoms with Crippen LogP contribution in [-0.2, 0) is 29.0 Å². The summed E-state index contributed by atoms with van der Waals surface area (Å²) in [5, 5.41) is 3.25. The van der Waals surface area contributed by atoms with Gasteiger partial charge in [-0.1, -0.05) is 0 Å². The zero-order valence-corrected chi connectivity index (χ0v) is 12.8. The van der Waals surface area contributed by atoms with Crippen molar-refractivity contribution < 1.29 is 9.59 Å². The number of carbonyl (C=O) groups is 2. The van der Waals surface area contributed by atoms with E-state index in [-0.39, 0.29) is 23.9 Å². The van der Waals surface area contributed by atoms with Crippen LogP contribution in [0.15, 0.2) is 6.07 Å². The molecule has 0 bridgehead atoms. The minimum Gasteiger partial charge on any atom is -0.300 e. The van der Waals surface area contributed by atoms with Crippen LogP contribution in [0.25, 0.3) is 0 Å². The van der Waals surface area contributed by atoms with E-state index < -0.39 is 0 Å². The first-order valence-corrected chi connectivity index (χ1v) is 8.07. The van der Waals surface area contributed by atoms with Crippen LogP contribution in [0.3, 0.4) is 0 Å². The van der Waals surface area contributed by atoms with Crippen molar-refractivity contribution in [1.82, 2.24) is 10.2 Å². The van der Waals surface area contributed by atoms with E-state index in [1.54, 1.807) is 0 Å². The second-order valence-corrected chi connectivity index (χ2v) is 7.07. The van der Waals surface area contributed by atoms with Gasteiger partial charge < -0.3 is 5.32 Å². The molecule has 1 fully saturated rings. The smallest absolute Gasteiger partial charge is 0.247 e. The Bertz CT molecular complexity index is 529. The van der Waals surface area contributed by atoms with Crippen LogP contribution in [0.2, 0.25) is 0 Å². The van der Waals surface area contributed by atoms with Crippen LogP contribution in [0.5, 0.6) is 0 Å². The van der Waals surface area contributed by atoms with E-state index in [1.807, 2.05) is 25.2 Å². The minimum atomic E-state index is -0.346. The molecule has 2 amide bonds. The number of rotatable bonds is 4. The molecule has 2 aliphatic rings. The molecule has 0 aromatic carbocycles. The van der Waals surface area contributed by atoms with E-state index in [0.717, 1.165) is 0 Å². The summed E-state index contributed by atoms with van der Waals surface area (Å²) < 4.78 is 0. The lowest BCUT2D eigenvalue weighted by Gasteiger charge is -2.19. The molecule has 1 unspecified atom stereocenters. The fourth-order valence-corrected chi connectivity index (χ4v) is 4.27. The molecule has 0 saturated carbocycles. The van der Waals surface area contributed by atoms with Crippen molar-refractivity contribution in [2.24, 2.45) is 0 Å². The van der Waals surface area contributed by atoms with Crippen LogP contribution in [0.1, 0.15) is 42.0 Å². The molecule has 5 heteroatoms. The SMILES string of the molecule is CC(C)N1C(=O)CC(NCc2cc3c(s2)CCC3)C1=O. The van der Waals surface area contributed by atoms with E-state index in [9.17, 15) is 9.59 Å². The summed E-state index contributed by atoms with van der Waals surface area (Å²) in [6.07, 6.45) is 3.95. The monoisotopic (exact) mass is 292 g/mol. The molecule has 4 nitrogen and oxygen atoms in total. The number of nitrogens with zero attached hydrogens (tertiary/aromatic N) is 1. The molecule has 1 N–H and O–H groups in total. The molecule has 108 valence electrons. The molecule has 3 rings (SSSR count). The number of thiophene rings is 1. The molecule has 0 radical (unpaired) electrons. The Morgan fingerprint density at radius 1 is 1.40 bits per heavy atom. The Hall–Kier alpha value is -1.20. The molecule has 20 heavy (non-hydrogen) atoms. The molecule has 1 aliphatic heterocycles. The summed E-state index contributed by atoms with van der Waals surface area (Å²) >= 11 is 1.84. The third-order valence-corrected chi connectivity index (χ3v) is 5.26. The highest BCUT2D eigenvalue weighted by molar-refractivity contribution is 7.12. The lowest BCUT2D eigenvalue weighted by Crippen LogP contribution is -2.41. The van der Waals surface area contributed by atoms with Gasteiger partial charge in [0.2, 0.25) is 11.8 Å². The van der Waals surface area contributed by atoms with Crippen molar-refractivity contribution in [3.05, 3.63) is 21.4 Å². The van der Waals surface area contributed by atoms with E-state index in [4.69, 9.17) is 0 Å². The van der Waals surface area contributed by atoms with Gasteiger partial charge in [-0.2, -0.15) is 0 Å². The Morgan fingerprint density at radius 2 is 2.20 bits per heavy atom. The zero-order chi connectivity index (χ0) is 14.3. The first-order valence-electron chi connectivity index (χ1n) is 7.26. The van der Waals surface area contributed by atoms with Gasteiger partial charge in [0.05, 0.1) is 12.5 Å². The second kappa shape index (κ2) is 5.30. The highest BCUT2D eigenvalue weighted by Crippen LogP contribution is 2.30. The first-order chi connectivity index (χ1) is 9.56. The molecule has 2 heterocycles. The van der Waals surface area contributed by atoms with Crippen molar-refractivity contribution >= 4 is 23.2 Å². The largest absolute Gasteiger partial charge is 0.300 e. The van der Waals surface area contributed by atoms with Gasteiger partial charge in [-0.05, 0) is 44.7 Å². The molecular weight excluding hydrogens is 272 g/mol. The minimum absolute atomic E-state index is 0.0488. The van der Waals surface area contributed by atoms with Crippen molar-refractivity contribution in [3.8, 4) is 0 Å². The number of likely N-dealkylation sites (tertiary alicyclic amines) is 1. The predicted molar refractivity (Wildman–Crippen MR) is 78.6 cm³/mol. The molecule has 1 aromatic rings. The summed E-state index contributed by atoms with van der Waals surface area (Å²) in [6, 6.07) is 1.86. The van der Waals surface area contributed by atoms with Gasteiger partial charge in [0, 0.05) is 22.3 Å². The third-order valence-electron chi connectivity index (χ3n) is 4.02. The average molecular weight is 292 g/mol. The number of nitrogens with one attached hydrogen (secondary N) is 1. The van der Waals surface area contributed by atoms with Crippen molar-refractivity contribution in [1.29, 1.82) is 0 Å². The van der Waals surface area contributed by atoms with Gasteiger partial charge in [-0.15, -0.1) is 11.3 Å². The van der Waals surface area contributed by atoms with E-state index in [2.05, 4.69) is 11.4 Å². The summed E-state index contributed by atoms with van der Waals surface area (Å²) in [5.74, 6) is -0.134. The zero-order valence-electron chi connectivity index (χ0n) is 11.9. The molecule has 1 aromatic heterocycles. The molecular formula is C15H20N2O2S. The highest BCUT2D eigenvalue weighted by Gasteiger charge is 2.39. The van der Waals surface area contributed by atoms with Crippen molar-refractivity contribution in [3.63, 3.8) is 0 Å².